The summed E-state index contributed by atoms with van der Waals surface area (Å²) in [6.07, 6.45) is -16.3. The lowest BCUT2D eigenvalue weighted by atomic mass is 9.90. The summed E-state index contributed by atoms with van der Waals surface area (Å²) >= 11 is 0. The average Bonchev–Trinajstić information content (AvgIpc) is 2.82. The van der Waals surface area contributed by atoms with Crippen LogP contribution in [0.4, 0.5) is 50.0 Å². The molecule has 15 heteroatoms. The van der Waals surface area contributed by atoms with Gasteiger partial charge in [-0.3, -0.25) is 4.79 Å². The van der Waals surface area contributed by atoms with Crippen molar-refractivity contribution in [2.75, 3.05) is 11.7 Å². The first-order chi connectivity index (χ1) is 18.0. The molecule has 0 saturated heterocycles. The molecule has 0 bridgehead atoms. The minimum absolute atomic E-state index is 0.0701. The zero-order valence-electron chi connectivity index (χ0n) is 20.2. The number of benzene rings is 2. The van der Waals surface area contributed by atoms with E-state index in [-0.39, 0.29) is 36.8 Å². The molecule has 2 aromatic rings. The summed E-state index contributed by atoms with van der Waals surface area (Å²) < 4.78 is 125. The molecule has 0 spiro atoms. The average molecular weight is 572 g/mol. The van der Waals surface area contributed by atoms with Crippen LogP contribution in [0.5, 0.6) is 0 Å². The van der Waals surface area contributed by atoms with Crippen LogP contribution in [0.2, 0.25) is 0 Å². The summed E-state index contributed by atoms with van der Waals surface area (Å²) in [5.74, 6) is 0. The Morgan fingerprint density at radius 1 is 0.949 bits per heavy atom. The van der Waals surface area contributed by atoms with Crippen LogP contribution in [0.3, 0.4) is 0 Å². The normalized spacial score (nSPS) is 17.9. The molecule has 2 aromatic carbocycles. The van der Waals surface area contributed by atoms with Gasteiger partial charge in [0.25, 0.3) is 0 Å². The molecular weight excluding hydrogens is 551 g/mol. The smallest absolute Gasteiger partial charge is 0.433 e. The maximum absolute atomic E-state index is 13.5. The third-order valence-electron chi connectivity index (χ3n) is 5.90. The van der Waals surface area contributed by atoms with E-state index < -0.39 is 65.6 Å². The number of halogens is 9. The molecule has 2 atom stereocenters. The number of carbonyl (C=O) groups excluding carboxylic acids is 2. The predicted octanol–water partition coefficient (Wildman–Crippen LogP) is 7.13. The summed E-state index contributed by atoms with van der Waals surface area (Å²) in [5.41, 5.74) is -5.17. The zero-order valence-corrected chi connectivity index (χ0v) is 20.2. The van der Waals surface area contributed by atoms with Gasteiger partial charge in [-0.15, -0.1) is 0 Å². The molecule has 0 saturated carbocycles. The van der Waals surface area contributed by atoms with E-state index in [4.69, 9.17) is 9.57 Å². The third kappa shape index (κ3) is 6.87. The number of nitrogens with zero attached hydrogens (tertiary/aromatic N) is 2. The molecule has 0 radical (unpaired) electrons. The standard InChI is InChI=1S/C24H21F9N2O4/c1-3-38-21(37)39-35-13(2)6-20(18-10-15(22(25,26)27)4-5-19(18)35)34(12-36)11-14-7-16(23(28,29)30)9-17(8-14)24(31,32)33/h4-5,7-10,12-13,20H,3,6,11H2,1-2H3/t13-,20+/m1/s1. The number of hydrogen-bond donors (Lipinski definition) is 0. The number of rotatable bonds is 6. The number of anilines is 1. The van der Waals surface area contributed by atoms with Gasteiger partial charge >= 0.3 is 24.7 Å². The summed E-state index contributed by atoms with van der Waals surface area (Å²) in [4.78, 5) is 29.9. The van der Waals surface area contributed by atoms with Crippen molar-refractivity contribution >= 4 is 18.3 Å². The topological polar surface area (TPSA) is 59.1 Å². The maximum atomic E-state index is 13.5. The lowest BCUT2D eigenvalue weighted by Crippen LogP contribution is -2.44. The van der Waals surface area contributed by atoms with Crippen LogP contribution in [0.1, 0.15) is 54.1 Å². The first-order valence-electron chi connectivity index (χ1n) is 11.3. The van der Waals surface area contributed by atoms with Crippen LogP contribution in [-0.2, 0) is 39.4 Å². The number of hydroxylamine groups is 1. The molecule has 0 aliphatic carbocycles. The second kappa shape index (κ2) is 10.8. The van der Waals surface area contributed by atoms with E-state index in [1.54, 1.807) is 0 Å². The van der Waals surface area contributed by atoms with Gasteiger partial charge in [0, 0.05) is 12.1 Å². The monoisotopic (exact) mass is 572 g/mol. The Bertz CT molecular complexity index is 1180. The number of hydrogen-bond acceptors (Lipinski definition) is 5. The highest BCUT2D eigenvalue weighted by Crippen LogP contribution is 2.44. The largest absolute Gasteiger partial charge is 0.533 e. The molecular formula is C24H21F9N2O4. The molecule has 0 fully saturated rings. The van der Waals surface area contributed by atoms with E-state index >= 15 is 0 Å². The van der Waals surface area contributed by atoms with Gasteiger partial charge in [-0.25, -0.2) is 9.86 Å². The van der Waals surface area contributed by atoms with Crippen LogP contribution in [0.25, 0.3) is 0 Å². The van der Waals surface area contributed by atoms with Crippen LogP contribution >= 0.6 is 0 Å². The zero-order chi connectivity index (χ0) is 29.3. The molecule has 1 aliphatic heterocycles. The lowest BCUT2D eigenvalue weighted by Gasteiger charge is -2.42. The molecule has 3 rings (SSSR count). The van der Waals surface area contributed by atoms with Crippen LogP contribution in [-0.4, -0.2) is 30.1 Å². The highest BCUT2D eigenvalue weighted by Gasteiger charge is 2.40. The Morgan fingerprint density at radius 2 is 1.51 bits per heavy atom. The van der Waals surface area contributed by atoms with Crippen molar-refractivity contribution in [3.8, 4) is 0 Å². The van der Waals surface area contributed by atoms with Gasteiger partial charge in [-0.2, -0.15) is 39.5 Å². The minimum Gasteiger partial charge on any atom is -0.433 e. The van der Waals surface area contributed by atoms with Crippen LogP contribution < -0.4 is 5.06 Å². The van der Waals surface area contributed by atoms with Crippen molar-refractivity contribution in [1.29, 1.82) is 0 Å². The maximum Gasteiger partial charge on any atom is 0.533 e. The van der Waals surface area contributed by atoms with Gasteiger partial charge < -0.3 is 14.5 Å². The number of carbonyl (C=O) groups is 2. The Balaban J connectivity index is 2.09. The molecule has 6 nitrogen and oxygen atoms in total. The number of fused-ring (bicyclic) bond motifs is 1. The molecule has 0 aromatic heterocycles. The second-order valence-corrected chi connectivity index (χ2v) is 8.66. The van der Waals surface area contributed by atoms with Crippen molar-refractivity contribution in [3.05, 3.63) is 64.2 Å². The fourth-order valence-corrected chi connectivity index (χ4v) is 4.20. The van der Waals surface area contributed by atoms with E-state index in [1.807, 2.05) is 0 Å². The van der Waals surface area contributed by atoms with Gasteiger partial charge in [0.1, 0.15) is 0 Å². The summed E-state index contributed by atoms with van der Waals surface area (Å²) in [7, 11) is 0. The first kappa shape index (κ1) is 29.9. The Kier molecular flexibility index (Phi) is 8.32. The number of amides is 1. The molecule has 0 N–H and O–H groups in total. The Morgan fingerprint density at radius 3 is 2.00 bits per heavy atom. The molecule has 214 valence electrons. The quantitative estimate of drug-likeness (QED) is 0.210. The summed E-state index contributed by atoms with van der Waals surface area (Å²) in [5, 5.41) is 0.971. The van der Waals surface area contributed by atoms with Crippen molar-refractivity contribution in [3.63, 3.8) is 0 Å². The van der Waals surface area contributed by atoms with Crippen molar-refractivity contribution in [2.45, 2.75) is 57.4 Å². The van der Waals surface area contributed by atoms with Gasteiger partial charge in [-0.1, -0.05) is 0 Å². The van der Waals surface area contributed by atoms with E-state index in [0.717, 1.165) is 16.0 Å². The highest BCUT2D eigenvalue weighted by molar-refractivity contribution is 5.66. The fourth-order valence-electron chi connectivity index (χ4n) is 4.20. The molecule has 0 unspecified atom stereocenters. The lowest BCUT2D eigenvalue weighted by molar-refractivity contribution is -0.143. The van der Waals surface area contributed by atoms with Gasteiger partial charge in [0.2, 0.25) is 6.41 Å². The van der Waals surface area contributed by atoms with Gasteiger partial charge in [0.05, 0.1) is 41.1 Å². The Labute approximate surface area is 215 Å². The van der Waals surface area contributed by atoms with Gasteiger partial charge in [0.15, 0.2) is 0 Å². The van der Waals surface area contributed by atoms with Crippen LogP contribution in [0, 0.1) is 0 Å². The first-order valence-corrected chi connectivity index (χ1v) is 11.3. The molecule has 1 aliphatic rings. The second-order valence-electron chi connectivity index (χ2n) is 8.66. The van der Waals surface area contributed by atoms with Crippen LogP contribution in [0.15, 0.2) is 36.4 Å². The van der Waals surface area contributed by atoms with E-state index in [0.29, 0.717) is 24.3 Å². The highest BCUT2D eigenvalue weighted by atomic mass is 19.4. The summed E-state index contributed by atoms with van der Waals surface area (Å²) in [6, 6.07) is 1.11. The predicted molar refractivity (Wildman–Crippen MR) is 117 cm³/mol. The van der Waals surface area contributed by atoms with E-state index in [9.17, 15) is 49.1 Å². The SMILES string of the molecule is CCOC(=O)ON1c2ccc(C(F)(F)F)cc2[C@@H](N(C=O)Cc2cc(C(F)(F)F)cc(C(F)(F)F)c2)C[C@H]1C. The molecule has 39 heavy (non-hydrogen) atoms. The van der Waals surface area contributed by atoms with Crippen molar-refractivity contribution in [2.24, 2.45) is 0 Å². The van der Waals surface area contributed by atoms with E-state index in [1.165, 1.54) is 13.8 Å². The molecule has 1 heterocycles. The molecule has 1 amide bonds. The van der Waals surface area contributed by atoms with E-state index in [2.05, 4.69) is 0 Å². The Hall–Kier alpha value is -3.65. The minimum atomic E-state index is -5.14. The number of ether oxygens (including phenoxy) is 1. The number of alkyl halides is 9. The third-order valence-corrected chi connectivity index (χ3v) is 5.90. The summed E-state index contributed by atoms with van der Waals surface area (Å²) in [6.45, 7) is 2.12. The van der Waals surface area contributed by atoms with Crippen molar-refractivity contribution in [1.82, 2.24) is 4.90 Å². The van der Waals surface area contributed by atoms with Gasteiger partial charge in [-0.05, 0) is 62.2 Å². The fraction of sp³-hybridized carbons (Fsp3) is 0.417. The van der Waals surface area contributed by atoms with Crippen molar-refractivity contribution < 1.29 is 58.7 Å².